The number of alkyl halides is 2. The Labute approximate surface area is 125 Å². The first-order valence-electron chi connectivity index (χ1n) is 5.33. The normalized spacial score (nSPS) is 17.2. The minimum absolute atomic E-state index is 0.0126. The molecule has 0 aromatic heterocycles. The van der Waals surface area contributed by atoms with Gasteiger partial charge in [-0.15, -0.1) is 5.10 Å². The second-order valence-corrected chi connectivity index (χ2v) is 5.34. The first-order chi connectivity index (χ1) is 9.56. The van der Waals surface area contributed by atoms with Crippen molar-refractivity contribution in [3.8, 4) is 5.75 Å². The van der Waals surface area contributed by atoms with E-state index in [0.29, 0.717) is 21.0 Å². The Morgan fingerprint density at radius 1 is 1.50 bits per heavy atom. The number of thioether (sulfide) groups is 1. The molecule has 1 fully saturated rings. The van der Waals surface area contributed by atoms with Gasteiger partial charge in [0, 0.05) is 4.47 Å². The summed E-state index contributed by atoms with van der Waals surface area (Å²) in [4.78, 5) is 10.9. The number of benzene rings is 1. The standard InChI is InChI=1S/C11H8BrF2N3O2S/c12-7-2-1-3-8(19-10(13)14)6(7)4-15-17-11-16-9(18)5-20-11/h1-4,10H,5H2,(H,16,17,18). The number of rotatable bonds is 4. The Bertz CT molecular complexity index is 581. The van der Waals surface area contributed by atoms with Crippen LogP contribution in [0.25, 0.3) is 0 Å². The molecule has 1 amide bonds. The summed E-state index contributed by atoms with van der Waals surface area (Å²) >= 11 is 4.44. The summed E-state index contributed by atoms with van der Waals surface area (Å²) in [5, 5.41) is 10.4. The Morgan fingerprint density at radius 3 is 2.95 bits per heavy atom. The summed E-state index contributed by atoms with van der Waals surface area (Å²) < 4.78 is 29.5. The molecule has 0 unspecified atom stereocenters. The Morgan fingerprint density at radius 2 is 2.30 bits per heavy atom. The minimum atomic E-state index is -2.92. The second-order valence-electron chi connectivity index (χ2n) is 3.52. The van der Waals surface area contributed by atoms with Gasteiger partial charge in [-0.3, -0.25) is 4.79 Å². The first-order valence-corrected chi connectivity index (χ1v) is 7.11. The Hall–Kier alpha value is -1.48. The maximum atomic E-state index is 12.3. The molecule has 0 bridgehead atoms. The van der Waals surface area contributed by atoms with Gasteiger partial charge in [0.15, 0.2) is 5.17 Å². The van der Waals surface area contributed by atoms with Gasteiger partial charge < -0.3 is 10.1 Å². The molecule has 1 saturated heterocycles. The number of hydrogen-bond acceptors (Lipinski definition) is 5. The number of carbonyl (C=O) groups is 1. The maximum Gasteiger partial charge on any atom is 0.387 e. The van der Waals surface area contributed by atoms with Crippen molar-refractivity contribution in [2.45, 2.75) is 6.61 Å². The van der Waals surface area contributed by atoms with E-state index in [4.69, 9.17) is 0 Å². The zero-order valence-electron chi connectivity index (χ0n) is 9.85. The molecule has 106 valence electrons. The van der Waals surface area contributed by atoms with Gasteiger partial charge in [0.1, 0.15) is 5.75 Å². The van der Waals surface area contributed by atoms with Crippen LogP contribution in [0.4, 0.5) is 8.78 Å². The van der Waals surface area contributed by atoms with E-state index in [1.54, 1.807) is 12.1 Å². The molecule has 1 aromatic carbocycles. The third-order valence-electron chi connectivity index (χ3n) is 2.15. The highest BCUT2D eigenvalue weighted by atomic mass is 79.9. The molecule has 0 radical (unpaired) electrons. The SMILES string of the molecule is O=C1CSC(=NN=Cc2c(Br)cccc2OC(F)F)N1. The van der Waals surface area contributed by atoms with E-state index in [1.807, 2.05) is 0 Å². The number of amides is 1. The average molecular weight is 364 g/mol. The largest absolute Gasteiger partial charge is 0.434 e. The summed E-state index contributed by atoms with van der Waals surface area (Å²) in [7, 11) is 0. The zero-order valence-corrected chi connectivity index (χ0v) is 12.2. The van der Waals surface area contributed by atoms with Crippen LogP contribution in [-0.4, -0.2) is 29.7 Å². The van der Waals surface area contributed by atoms with Crippen LogP contribution >= 0.6 is 27.7 Å². The summed E-state index contributed by atoms with van der Waals surface area (Å²) in [6, 6.07) is 4.63. The van der Waals surface area contributed by atoms with Gasteiger partial charge >= 0.3 is 6.61 Å². The van der Waals surface area contributed by atoms with Gasteiger partial charge in [-0.05, 0) is 28.1 Å². The third-order valence-corrected chi connectivity index (χ3v) is 3.71. The maximum absolute atomic E-state index is 12.3. The Kier molecular flexibility index (Phi) is 5.07. The van der Waals surface area contributed by atoms with Crippen LogP contribution in [-0.2, 0) is 4.79 Å². The van der Waals surface area contributed by atoms with Gasteiger partial charge in [0.05, 0.1) is 17.5 Å². The van der Waals surface area contributed by atoms with E-state index >= 15 is 0 Å². The van der Waals surface area contributed by atoms with Crippen molar-refractivity contribution in [3.05, 3.63) is 28.2 Å². The fourth-order valence-corrected chi connectivity index (χ4v) is 2.44. The average Bonchev–Trinajstić information content (AvgIpc) is 2.78. The molecule has 1 N–H and O–H groups in total. The van der Waals surface area contributed by atoms with Gasteiger partial charge in [-0.1, -0.05) is 17.8 Å². The highest BCUT2D eigenvalue weighted by Gasteiger charge is 2.16. The van der Waals surface area contributed by atoms with Crippen LogP contribution in [0, 0.1) is 0 Å². The van der Waals surface area contributed by atoms with Crippen LogP contribution < -0.4 is 10.1 Å². The molecule has 5 nitrogen and oxygen atoms in total. The van der Waals surface area contributed by atoms with Crippen molar-refractivity contribution in [3.63, 3.8) is 0 Å². The number of carbonyl (C=O) groups excluding carboxylic acids is 1. The third kappa shape index (κ3) is 4.01. The van der Waals surface area contributed by atoms with Crippen molar-refractivity contribution in [2.75, 3.05) is 5.75 Å². The quantitative estimate of drug-likeness (QED) is 0.660. The summed E-state index contributed by atoms with van der Waals surface area (Å²) in [5.74, 6) is 0.136. The predicted molar refractivity (Wildman–Crippen MR) is 76.4 cm³/mol. The van der Waals surface area contributed by atoms with Gasteiger partial charge in [0.25, 0.3) is 0 Å². The van der Waals surface area contributed by atoms with Crippen LogP contribution in [0.3, 0.4) is 0 Å². The number of nitrogens with zero attached hydrogens (tertiary/aromatic N) is 2. The fraction of sp³-hybridized carbons (Fsp3) is 0.182. The number of ether oxygens (including phenoxy) is 1. The van der Waals surface area contributed by atoms with Crippen LogP contribution in [0.5, 0.6) is 5.75 Å². The van der Waals surface area contributed by atoms with Crippen molar-refractivity contribution in [1.29, 1.82) is 0 Å². The van der Waals surface area contributed by atoms with Crippen LogP contribution in [0.2, 0.25) is 0 Å². The van der Waals surface area contributed by atoms with Crippen molar-refractivity contribution in [2.24, 2.45) is 10.2 Å². The highest BCUT2D eigenvalue weighted by Crippen LogP contribution is 2.26. The first kappa shape index (κ1) is 14.9. The number of halogens is 3. The molecular formula is C11H8BrF2N3O2S. The number of hydrogen-bond donors (Lipinski definition) is 1. The molecule has 0 saturated carbocycles. The lowest BCUT2D eigenvalue weighted by Gasteiger charge is -2.08. The van der Waals surface area contributed by atoms with Gasteiger partial charge in [-0.25, -0.2) is 0 Å². The lowest BCUT2D eigenvalue weighted by Crippen LogP contribution is -2.19. The van der Waals surface area contributed by atoms with E-state index in [9.17, 15) is 13.6 Å². The van der Waals surface area contributed by atoms with Crippen molar-refractivity contribution in [1.82, 2.24) is 5.32 Å². The molecule has 1 aromatic rings. The smallest absolute Gasteiger partial charge is 0.387 e. The fourth-order valence-electron chi connectivity index (χ4n) is 1.36. The summed E-state index contributed by atoms with van der Waals surface area (Å²) in [6.45, 7) is -2.92. The molecule has 0 aliphatic carbocycles. The van der Waals surface area contributed by atoms with Crippen LogP contribution in [0.1, 0.15) is 5.56 Å². The second kappa shape index (κ2) is 6.80. The molecular weight excluding hydrogens is 356 g/mol. The van der Waals surface area contributed by atoms with Crippen molar-refractivity contribution >= 4 is 45.0 Å². The van der Waals surface area contributed by atoms with Gasteiger partial charge in [-0.2, -0.15) is 13.9 Å². The predicted octanol–water partition coefficient (Wildman–Crippen LogP) is 2.60. The Balaban J connectivity index is 2.17. The van der Waals surface area contributed by atoms with E-state index in [0.717, 1.165) is 0 Å². The molecule has 0 spiro atoms. The molecule has 1 aliphatic rings. The molecule has 2 rings (SSSR count). The summed E-state index contributed by atoms with van der Waals surface area (Å²) in [5.41, 5.74) is 0.339. The van der Waals surface area contributed by atoms with E-state index in [1.165, 1.54) is 24.0 Å². The topological polar surface area (TPSA) is 63.0 Å². The van der Waals surface area contributed by atoms with Crippen LogP contribution in [0.15, 0.2) is 32.9 Å². The molecule has 1 aliphatic heterocycles. The highest BCUT2D eigenvalue weighted by molar-refractivity contribution is 9.10. The molecule has 20 heavy (non-hydrogen) atoms. The lowest BCUT2D eigenvalue weighted by molar-refractivity contribution is -0.116. The number of nitrogens with one attached hydrogen (secondary N) is 1. The van der Waals surface area contributed by atoms with Crippen molar-refractivity contribution < 1.29 is 18.3 Å². The lowest BCUT2D eigenvalue weighted by atomic mass is 10.2. The molecule has 0 atom stereocenters. The molecule has 1 heterocycles. The summed E-state index contributed by atoms with van der Waals surface area (Å²) in [6.07, 6.45) is 1.28. The molecule has 9 heteroatoms. The zero-order chi connectivity index (χ0) is 14.5. The van der Waals surface area contributed by atoms with Gasteiger partial charge in [0.2, 0.25) is 5.91 Å². The minimum Gasteiger partial charge on any atom is -0.434 e. The number of amidine groups is 1. The van der Waals surface area contributed by atoms with E-state index in [2.05, 4.69) is 36.2 Å². The van der Waals surface area contributed by atoms with E-state index in [-0.39, 0.29) is 11.7 Å². The monoisotopic (exact) mass is 363 g/mol. The van der Waals surface area contributed by atoms with E-state index < -0.39 is 6.61 Å².